The molecule has 0 heterocycles. The fourth-order valence-electron chi connectivity index (χ4n) is 1.63. The number of sulfonamides is 1. The topological polar surface area (TPSA) is 64.6 Å². The van der Waals surface area contributed by atoms with Crippen LogP contribution in [0.5, 0.6) is 5.75 Å². The lowest BCUT2D eigenvalue weighted by Crippen LogP contribution is -2.25. The summed E-state index contributed by atoms with van der Waals surface area (Å²) in [6.45, 7) is 3.32. The maximum Gasteiger partial charge on any atom is 0.573 e. The van der Waals surface area contributed by atoms with Crippen molar-refractivity contribution in [1.29, 1.82) is 0 Å². The third-order valence-corrected chi connectivity index (χ3v) is 4.24. The van der Waals surface area contributed by atoms with Crippen molar-refractivity contribution in [3.63, 3.8) is 0 Å². The normalized spacial score (nSPS) is 12.3. The van der Waals surface area contributed by atoms with Crippen LogP contribution in [0.1, 0.15) is 26.2 Å². The molecule has 23 heavy (non-hydrogen) atoms. The quantitative estimate of drug-likeness (QED) is 0.655. The molecule has 0 aromatic heterocycles. The van der Waals surface area contributed by atoms with E-state index in [2.05, 4.69) is 9.46 Å². The van der Waals surface area contributed by atoms with E-state index in [9.17, 15) is 21.6 Å². The van der Waals surface area contributed by atoms with Crippen LogP contribution in [0.2, 0.25) is 0 Å². The van der Waals surface area contributed by atoms with Crippen molar-refractivity contribution in [1.82, 2.24) is 4.72 Å². The average molecular weight is 355 g/mol. The molecule has 0 aliphatic rings. The van der Waals surface area contributed by atoms with Gasteiger partial charge >= 0.3 is 6.36 Å². The summed E-state index contributed by atoms with van der Waals surface area (Å²) in [7, 11) is -3.76. The van der Waals surface area contributed by atoms with Gasteiger partial charge in [-0.15, -0.1) is 13.2 Å². The molecule has 1 N–H and O–H groups in total. The molecule has 0 spiro atoms. The zero-order valence-corrected chi connectivity index (χ0v) is 13.5. The van der Waals surface area contributed by atoms with Crippen LogP contribution in [0, 0.1) is 0 Å². The second-order valence-electron chi connectivity index (χ2n) is 4.74. The van der Waals surface area contributed by atoms with E-state index in [0.717, 1.165) is 37.1 Å². The first-order valence-electron chi connectivity index (χ1n) is 7.18. The molecule has 0 bridgehead atoms. The number of hydrogen-bond donors (Lipinski definition) is 1. The molecule has 0 saturated carbocycles. The first-order chi connectivity index (χ1) is 10.7. The van der Waals surface area contributed by atoms with Gasteiger partial charge in [0.2, 0.25) is 10.0 Å². The molecule has 0 fully saturated rings. The highest BCUT2D eigenvalue weighted by Crippen LogP contribution is 2.23. The van der Waals surface area contributed by atoms with Gasteiger partial charge < -0.3 is 9.47 Å². The van der Waals surface area contributed by atoms with E-state index in [1.807, 2.05) is 6.92 Å². The number of nitrogens with one attached hydrogen (secondary N) is 1. The first kappa shape index (κ1) is 19.7. The predicted octanol–water partition coefficient (Wildman–Crippen LogP) is 3.07. The predicted molar refractivity (Wildman–Crippen MR) is 78.7 cm³/mol. The van der Waals surface area contributed by atoms with E-state index in [0.29, 0.717) is 19.6 Å². The minimum Gasteiger partial charge on any atom is -0.406 e. The van der Waals surface area contributed by atoms with Gasteiger partial charge in [-0.2, -0.15) is 0 Å². The Bertz CT molecular complexity index is 558. The number of alkyl halides is 3. The van der Waals surface area contributed by atoms with Gasteiger partial charge in [0.25, 0.3) is 0 Å². The number of hydrogen-bond acceptors (Lipinski definition) is 4. The molecule has 0 saturated heterocycles. The number of ether oxygens (including phenoxy) is 2. The summed E-state index contributed by atoms with van der Waals surface area (Å²) >= 11 is 0. The largest absolute Gasteiger partial charge is 0.573 e. The van der Waals surface area contributed by atoms with Gasteiger partial charge in [-0.25, -0.2) is 13.1 Å². The molecule has 0 amide bonds. The second kappa shape index (κ2) is 9.09. The lowest BCUT2D eigenvalue weighted by molar-refractivity contribution is -0.274. The van der Waals surface area contributed by atoms with Crippen molar-refractivity contribution >= 4 is 10.0 Å². The lowest BCUT2D eigenvalue weighted by atomic mass is 10.3. The van der Waals surface area contributed by atoms with E-state index in [-0.39, 0.29) is 11.4 Å². The molecule has 1 rings (SSSR count). The van der Waals surface area contributed by atoms with E-state index in [1.54, 1.807) is 0 Å². The Morgan fingerprint density at radius 2 is 1.70 bits per heavy atom. The van der Waals surface area contributed by atoms with E-state index in [1.165, 1.54) is 0 Å². The minimum absolute atomic E-state index is 0.126. The molecule has 5 nitrogen and oxygen atoms in total. The van der Waals surface area contributed by atoms with Crippen molar-refractivity contribution in [2.24, 2.45) is 0 Å². The summed E-state index contributed by atoms with van der Waals surface area (Å²) in [5, 5.41) is 0. The molecule has 0 aliphatic carbocycles. The zero-order chi connectivity index (χ0) is 17.3. The van der Waals surface area contributed by atoms with Crippen LogP contribution in [0.25, 0.3) is 0 Å². The summed E-state index contributed by atoms with van der Waals surface area (Å²) in [6, 6.07) is 4.02. The highest BCUT2D eigenvalue weighted by atomic mass is 32.2. The Labute approximate surface area is 133 Å². The van der Waals surface area contributed by atoms with Gasteiger partial charge in [-0.1, -0.05) is 13.3 Å². The Balaban J connectivity index is 2.44. The van der Waals surface area contributed by atoms with Crippen molar-refractivity contribution in [2.75, 3.05) is 19.8 Å². The Hall–Kier alpha value is -1.32. The summed E-state index contributed by atoms with van der Waals surface area (Å²) in [5.41, 5.74) is 0. The fraction of sp³-hybridized carbons (Fsp3) is 0.571. The molecular formula is C14H20F3NO4S. The van der Waals surface area contributed by atoms with Crippen LogP contribution < -0.4 is 9.46 Å². The second-order valence-corrected chi connectivity index (χ2v) is 6.50. The summed E-state index contributed by atoms with van der Waals surface area (Å²) in [6.07, 6.45) is -2.31. The molecule has 1 aromatic rings. The van der Waals surface area contributed by atoms with Crippen LogP contribution >= 0.6 is 0 Å². The SMILES string of the molecule is CCCCOCCCNS(=O)(=O)c1ccc(OC(F)(F)F)cc1. The van der Waals surface area contributed by atoms with Gasteiger partial charge in [0.1, 0.15) is 5.75 Å². The third kappa shape index (κ3) is 8.19. The Morgan fingerprint density at radius 3 is 2.26 bits per heavy atom. The maximum atomic E-state index is 12.0. The Kier molecular flexibility index (Phi) is 7.80. The van der Waals surface area contributed by atoms with Crippen LogP contribution in [-0.4, -0.2) is 34.5 Å². The number of halogens is 3. The summed E-state index contributed by atoms with van der Waals surface area (Å²) in [5.74, 6) is -0.472. The standard InChI is InChI=1S/C14H20F3NO4S/c1-2-3-10-21-11-4-9-18-23(19,20)13-7-5-12(6-8-13)22-14(15,16)17/h5-8,18H,2-4,9-11H2,1H3. The maximum absolute atomic E-state index is 12.0. The Morgan fingerprint density at radius 1 is 1.09 bits per heavy atom. The first-order valence-corrected chi connectivity index (χ1v) is 8.66. The average Bonchev–Trinajstić information content (AvgIpc) is 2.45. The van der Waals surface area contributed by atoms with Crippen molar-refractivity contribution in [3.8, 4) is 5.75 Å². The molecule has 132 valence electrons. The van der Waals surface area contributed by atoms with Crippen LogP contribution in [0.3, 0.4) is 0 Å². The molecule has 0 aliphatic heterocycles. The minimum atomic E-state index is -4.81. The van der Waals surface area contributed by atoms with Crippen molar-refractivity contribution < 1.29 is 31.1 Å². The van der Waals surface area contributed by atoms with Crippen molar-refractivity contribution in [2.45, 2.75) is 37.4 Å². The highest BCUT2D eigenvalue weighted by molar-refractivity contribution is 7.89. The highest BCUT2D eigenvalue weighted by Gasteiger charge is 2.31. The van der Waals surface area contributed by atoms with Gasteiger partial charge in [0.05, 0.1) is 4.90 Å². The fourth-order valence-corrected chi connectivity index (χ4v) is 2.71. The summed E-state index contributed by atoms with van der Waals surface area (Å²) < 4.78 is 71.3. The molecular weight excluding hydrogens is 335 g/mol. The van der Waals surface area contributed by atoms with Crippen LogP contribution in [0.15, 0.2) is 29.2 Å². The van der Waals surface area contributed by atoms with E-state index >= 15 is 0 Å². The third-order valence-electron chi connectivity index (χ3n) is 2.77. The zero-order valence-electron chi connectivity index (χ0n) is 12.7. The molecule has 0 atom stereocenters. The van der Waals surface area contributed by atoms with Gasteiger partial charge in [0, 0.05) is 19.8 Å². The number of unbranched alkanes of at least 4 members (excludes halogenated alkanes) is 1. The molecule has 0 unspecified atom stereocenters. The van der Waals surface area contributed by atoms with Gasteiger partial charge in [-0.05, 0) is 37.1 Å². The molecule has 9 heteroatoms. The van der Waals surface area contributed by atoms with E-state index < -0.39 is 22.1 Å². The van der Waals surface area contributed by atoms with Gasteiger partial charge in [-0.3, -0.25) is 0 Å². The number of benzene rings is 1. The smallest absolute Gasteiger partial charge is 0.406 e. The molecule has 0 radical (unpaired) electrons. The van der Waals surface area contributed by atoms with Crippen LogP contribution in [-0.2, 0) is 14.8 Å². The molecule has 1 aromatic carbocycles. The van der Waals surface area contributed by atoms with E-state index in [4.69, 9.17) is 4.74 Å². The van der Waals surface area contributed by atoms with Gasteiger partial charge in [0.15, 0.2) is 0 Å². The van der Waals surface area contributed by atoms with Crippen LogP contribution in [0.4, 0.5) is 13.2 Å². The monoisotopic (exact) mass is 355 g/mol. The summed E-state index contributed by atoms with van der Waals surface area (Å²) in [4.78, 5) is -0.126. The lowest BCUT2D eigenvalue weighted by Gasteiger charge is -2.10. The number of rotatable bonds is 10. The van der Waals surface area contributed by atoms with Crippen molar-refractivity contribution in [3.05, 3.63) is 24.3 Å².